The summed E-state index contributed by atoms with van der Waals surface area (Å²) in [5.41, 5.74) is 0.571. The molecule has 88 valence electrons. The van der Waals surface area contributed by atoms with Gasteiger partial charge in [-0.2, -0.15) is 0 Å². The molecule has 1 aliphatic heterocycles. The first-order chi connectivity index (χ1) is 7.85. The number of anilines is 1. The van der Waals surface area contributed by atoms with Gasteiger partial charge in [0.05, 0.1) is 37.3 Å². The fraction of sp³-hybridized carbons (Fsp3) is 0.636. The number of rotatable bonds is 3. The van der Waals surface area contributed by atoms with Crippen LogP contribution in [0.2, 0.25) is 0 Å². The maximum atomic E-state index is 9.29. The van der Waals surface area contributed by atoms with E-state index in [2.05, 4.69) is 14.9 Å². The van der Waals surface area contributed by atoms with Crippen molar-refractivity contribution in [3.8, 4) is 0 Å². The van der Waals surface area contributed by atoms with E-state index in [-0.39, 0.29) is 19.3 Å². The second-order valence-electron chi connectivity index (χ2n) is 4.05. The Morgan fingerprint density at radius 3 is 2.75 bits per heavy atom. The predicted molar refractivity (Wildman–Crippen MR) is 60.0 cm³/mol. The molecule has 5 nitrogen and oxygen atoms in total. The normalized spacial score (nSPS) is 21.1. The van der Waals surface area contributed by atoms with Crippen LogP contribution in [0.25, 0.3) is 0 Å². The Hall–Kier alpha value is -1.20. The molecule has 1 aliphatic rings. The van der Waals surface area contributed by atoms with Crippen LogP contribution in [0.15, 0.2) is 12.4 Å². The summed E-state index contributed by atoms with van der Waals surface area (Å²) in [4.78, 5) is 10.5. The lowest BCUT2D eigenvalue weighted by Gasteiger charge is -2.35. The fourth-order valence-electron chi connectivity index (χ4n) is 2.07. The highest BCUT2D eigenvalue weighted by Gasteiger charge is 2.22. The Morgan fingerprint density at radius 1 is 1.25 bits per heavy atom. The number of nitrogens with zero attached hydrogens (tertiary/aromatic N) is 3. The summed E-state index contributed by atoms with van der Waals surface area (Å²) < 4.78 is 0. The first-order valence-corrected chi connectivity index (χ1v) is 5.64. The Bertz CT molecular complexity index is 329. The van der Waals surface area contributed by atoms with Gasteiger partial charge in [0, 0.05) is 6.54 Å². The van der Waals surface area contributed by atoms with Crippen LogP contribution < -0.4 is 4.90 Å². The molecule has 1 aromatic heterocycles. The van der Waals surface area contributed by atoms with Crippen LogP contribution in [-0.4, -0.2) is 39.4 Å². The van der Waals surface area contributed by atoms with Gasteiger partial charge in [0.2, 0.25) is 0 Å². The standard InChI is InChI=1S/C11H17N3O2/c15-7-9-5-13-11(6-12-9)14-4-2-1-3-10(14)8-16/h5-6,10,15-16H,1-4,7-8H2. The Balaban J connectivity index is 2.14. The molecule has 1 atom stereocenters. The van der Waals surface area contributed by atoms with E-state index in [0.717, 1.165) is 31.6 Å². The van der Waals surface area contributed by atoms with Crippen molar-refractivity contribution in [3.05, 3.63) is 18.1 Å². The summed E-state index contributed by atoms with van der Waals surface area (Å²) in [5.74, 6) is 0.788. The van der Waals surface area contributed by atoms with Crippen molar-refractivity contribution in [3.63, 3.8) is 0 Å². The van der Waals surface area contributed by atoms with Crippen LogP contribution in [0.4, 0.5) is 5.82 Å². The third-order valence-corrected chi connectivity index (χ3v) is 2.99. The monoisotopic (exact) mass is 223 g/mol. The molecule has 0 saturated carbocycles. The predicted octanol–water partition coefficient (Wildman–Crippen LogP) is 0.320. The smallest absolute Gasteiger partial charge is 0.147 e. The summed E-state index contributed by atoms with van der Waals surface area (Å²) in [5, 5.41) is 18.2. The van der Waals surface area contributed by atoms with E-state index in [1.807, 2.05) is 0 Å². The van der Waals surface area contributed by atoms with Gasteiger partial charge in [-0.3, -0.25) is 4.98 Å². The lowest BCUT2D eigenvalue weighted by Crippen LogP contribution is -2.42. The molecule has 1 fully saturated rings. The highest BCUT2D eigenvalue weighted by atomic mass is 16.3. The average molecular weight is 223 g/mol. The molecule has 0 aliphatic carbocycles. The fourth-order valence-corrected chi connectivity index (χ4v) is 2.07. The molecule has 0 radical (unpaired) electrons. The molecular weight excluding hydrogens is 206 g/mol. The number of aliphatic hydroxyl groups excluding tert-OH is 2. The van der Waals surface area contributed by atoms with E-state index >= 15 is 0 Å². The maximum absolute atomic E-state index is 9.29. The van der Waals surface area contributed by atoms with Crippen LogP contribution in [-0.2, 0) is 6.61 Å². The lowest BCUT2D eigenvalue weighted by molar-refractivity contribution is 0.239. The minimum atomic E-state index is -0.0866. The second-order valence-corrected chi connectivity index (χ2v) is 4.05. The van der Waals surface area contributed by atoms with Gasteiger partial charge < -0.3 is 15.1 Å². The zero-order chi connectivity index (χ0) is 11.4. The van der Waals surface area contributed by atoms with Gasteiger partial charge in [-0.15, -0.1) is 0 Å². The summed E-state index contributed by atoms with van der Waals surface area (Å²) in [6.07, 6.45) is 6.53. The molecule has 1 unspecified atom stereocenters. The number of piperidine rings is 1. The Kier molecular flexibility index (Phi) is 3.69. The molecule has 16 heavy (non-hydrogen) atoms. The molecule has 0 spiro atoms. The molecule has 1 saturated heterocycles. The number of aromatic nitrogens is 2. The average Bonchev–Trinajstić information content (AvgIpc) is 2.39. The van der Waals surface area contributed by atoms with Crippen LogP contribution >= 0.6 is 0 Å². The zero-order valence-electron chi connectivity index (χ0n) is 9.21. The van der Waals surface area contributed by atoms with E-state index < -0.39 is 0 Å². The molecule has 2 rings (SSSR count). The second kappa shape index (κ2) is 5.23. The maximum Gasteiger partial charge on any atom is 0.147 e. The largest absolute Gasteiger partial charge is 0.394 e. The van der Waals surface area contributed by atoms with Crippen molar-refractivity contribution in [1.29, 1.82) is 0 Å². The lowest BCUT2D eigenvalue weighted by atomic mass is 10.0. The van der Waals surface area contributed by atoms with Crippen LogP contribution in [0.1, 0.15) is 25.0 Å². The molecular formula is C11H17N3O2. The van der Waals surface area contributed by atoms with Crippen LogP contribution in [0.3, 0.4) is 0 Å². The number of hydrogen-bond acceptors (Lipinski definition) is 5. The summed E-state index contributed by atoms with van der Waals surface area (Å²) in [7, 11) is 0. The van der Waals surface area contributed by atoms with Crippen molar-refractivity contribution in [1.82, 2.24) is 9.97 Å². The highest BCUT2D eigenvalue weighted by Crippen LogP contribution is 2.22. The first-order valence-electron chi connectivity index (χ1n) is 5.64. The van der Waals surface area contributed by atoms with Crippen LogP contribution in [0.5, 0.6) is 0 Å². The topological polar surface area (TPSA) is 69.5 Å². The van der Waals surface area contributed by atoms with Gasteiger partial charge in [-0.05, 0) is 19.3 Å². The molecule has 0 aromatic carbocycles. The van der Waals surface area contributed by atoms with Crippen molar-refractivity contribution >= 4 is 5.82 Å². The van der Waals surface area contributed by atoms with E-state index in [0.29, 0.717) is 5.69 Å². The van der Waals surface area contributed by atoms with Crippen molar-refractivity contribution in [2.75, 3.05) is 18.1 Å². The summed E-state index contributed by atoms with van der Waals surface area (Å²) >= 11 is 0. The SMILES string of the molecule is OCc1cnc(N2CCCCC2CO)cn1. The van der Waals surface area contributed by atoms with E-state index in [1.165, 1.54) is 0 Å². The zero-order valence-corrected chi connectivity index (χ0v) is 9.21. The molecule has 2 heterocycles. The van der Waals surface area contributed by atoms with Gasteiger partial charge in [-0.1, -0.05) is 0 Å². The minimum absolute atomic E-state index is 0.0866. The van der Waals surface area contributed by atoms with Crippen molar-refractivity contribution < 1.29 is 10.2 Å². The Labute approximate surface area is 94.8 Å². The molecule has 0 bridgehead atoms. The molecule has 5 heteroatoms. The van der Waals surface area contributed by atoms with E-state index in [4.69, 9.17) is 5.11 Å². The number of aliphatic hydroxyl groups is 2. The highest BCUT2D eigenvalue weighted by molar-refractivity contribution is 5.38. The minimum Gasteiger partial charge on any atom is -0.394 e. The first kappa shape index (κ1) is 11.3. The van der Waals surface area contributed by atoms with Crippen molar-refractivity contribution in [2.24, 2.45) is 0 Å². The molecule has 0 amide bonds. The van der Waals surface area contributed by atoms with Gasteiger partial charge in [0.25, 0.3) is 0 Å². The third kappa shape index (κ3) is 2.31. The van der Waals surface area contributed by atoms with Gasteiger partial charge in [-0.25, -0.2) is 4.98 Å². The number of hydrogen-bond donors (Lipinski definition) is 2. The van der Waals surface area contributed by atoms with Gasteiger partial charge >= 0.3 is 0 Å². The van der Waals surface area contributed by atoms with E-state index in [9.17, 15) is 5.11 Å². The summed E-state index contributed by atoms with van der Waals surface area (Å²) in [6, 6.07) is 0.156. The Morgan fingerprint density at radius 2 is 2.12 bits per heavy atom. The van der Waals surface area contributed by atoms with E-state index in [1.54, 1.807) is 12.4 Å². The van der Waals surface area contributed by atoms with Gasteiger partial charge in [0.1, 0.15) is 5.82 Å². The van der Waals surface area contributed by atoms with Gasteiger partial charge in [0.15, 0.2) is 0 Å². The quantitative estimate of drug-likeness (QED) is 0.772. The van der Waals surface area contributed by atoms with Crippen LogP contribution in [0, 0.1) is 0 Å². The molecule has 2 N–H and O–H groups in total. The summed E-state index contributed by atoms with van der Waals surface area (Å²) in [6.45, 7) is 0.985. The van der Waals surface area contributed by atoms with Crippen molar-refractivity contribution in [2.45, 2.75) is 31.9 Å². The third-order valence-electron chi connectivity index (χ3n) is 2.99. The molecule has 1 aromatic rings.